The van der Waals surface area contributed by atoms with Gasteiger partial charge in [0.1, 0.15) is 0 Å². The molecule has 6 nitrogen and oxygen atoms in total. The molecule has 2 N–H and O–H groups in total. The van der Waals surface area contributed by atoms with Crippen LogP contribution in [0.5, 0.6) is 0 Å². The monoisotopic (exact) mass is 262 g/mol. The molecule has 0 spiro atoms. The van der Waals surface area contributed by atoms with Crippen LogP contribution in [0.3, 0.4) is 0 Å². The maximum Gasteiger partial charge on any atom is 0.272 e. The molecule has 7 heteroatoms. The molecule has 0 unspecified atom stereocenters. The summed E-state index contributed by atoms with van der Waals surface area (Å²) in [7, 11) is 1.62. The summed E-state index contributed by atoms with van der Waals surface area (Å²) in [5.74, 6) is -0.315. The van der Waals surface area contributed by atoms with Crippen molar-refractivity contribution >= 4 is 21.8 Å². The first kappa shape index (κ1) is 11.1. The van der Waals surface area contributed by atoms with Crippen molar-refractivity contribution in [1.29, 1.82) is 0 Å². The number of aliphatic hydroxyl groups is 1. The van der Waals surface area contributed by atoms with Crippen LogP contribution in [0.4, 0.5) is 0 Å². The highest BCUT2D eigenvalue weighted by atomic mass is 79.9. The van der Waals surface area contributed by atoms with E-state index in [0.717, 1.165) is 0 Å². The Morgan fingerprint density at radius 1 is 1.79 bits per heavy atom. The summed E-state index contributed by atoms with van der Waals surface area (Å²) in [4.78, 5) is 11.5. The fourth-order valence-corrected chi connectivity index (χ4v) is 1.40. The molecule has 78 valence electrons. The van der Waals surface area contributed by atoms with Gasteiger partial charge in [0, 0.05) is 13.6 Å². The lowest BCUT2D eigenvalue weighted by molar-refractivity contribution is 0.0914. The molecule has 0 aromatic carbocycles. The van der Waals surface area contributed by atoms with Gasteiger partial charge >= 0.3 is 0 Å². The van der Waals surface area contributed by atoms with Gasteiger partial charge in [-0.1, -0.05) is 5.21 Å². The van der Waals surface area contributed by atoms with Crippen molar-refractivity contribution in [1.82, 2.24) is 20.3 Å². The zero-order valence-corrected chi connectivity index (χ0v) is 9.45. The SMILES string of the molecule is C[C@@H](O)CNC(=O)c1c(Br)nnn1C. The van der Waals surface area contributed by atoms with Crippen molar-refractivity contribution < 1.29 is 9.90 Å². The minimum Gasteiger partial charge on any atom is -0.392 e. The third kappa shape index (κ3) is 2.52. The summed E-state index contributed by atoms with van der Waals surface area (Å²) in [6.45, 7) is 1.80. The van der Waals surface area contributed by atoms with Gasteiger partial charge in [0.15, 0.2) is 10.3 Å². The Kier molecular flexibility index (Phi) is 3.59. The number of halogens is 1. The number of hydrogen-bond donors (Lipinski definition) is 2. The Bertz CT molecular complexity index is 317. The molecule has 0 aliphatic rings. The van der Waals surface area contributed by atoms with Gasteiger partial charge in [-0.15, -0.1) is 5.10 Å². The Balaban J connectivity index is 2.70. The summed E-state index contributed by atoms with van der Waals surface area (Å²) in [5.41, 5.74) is 0.339. The first-order chi connectivity index (χ1) is 6.52. The largest absolute Gasteiger partial charge is 0.392 e. The average Bonchev–Trinajstić information content (AvgIpc) is 2.42. The van der Waals surface area contributed by atoms with E-state index in [1.807, 2.05) is 0 Å². The Morgan fingerprint density at radius 2 is 2.43 bits per heavy atom. The van der Waals surface area contributed by atoms with Crippen molar-refractivity contribution in [2.75, 3.05) is 6.54 Å². The zero-order valence-electron chi connectivity index (χ0n) is 7.86. The lowest BCUT2D eigenvalue weighted by atomic mass is 10.3. The normalized spacial score (nSPS) is 12.6. The smallest absolute Gasteiger partial charge is 0.272 e. The number of aromatic nitrogens is 3. The molecular formula is C7H11BrN4O2. The fourth-order valence-electron chi connectivity index (χ4n) is 0.897. The molecule has 1 amide bonds. The van der Waals surface area contributed by atoms with Crippen LogP contribution in [-0.4, -0.2) is 38.7 Å². The molecule has 1 aromatic rings. The second-order valence-electron chi connectivity index (χ2n) is 2.91. The predicted octanol–water partition coefficient (Wildman–Crippen LogP) is -0.312. The van der Waals surface area contributed by atoms with Crippen molar-refractivity contribution in [2.24, 2.45) is 7.05 Å². The number of hydrogen-bond acceptors (Lipinski definition) is 4. The lowest BCUT2D eigenvalue weighted by Gasteiger charge is -2.06. The van der Waals surface area contributed by atoms with E-state index in [0.29, 0.717) is 10.3 Å². The van der Waals surface area contributed by atoms with E-state index in [2.05, 4.69) is 31.6 Å². The van der Waals surface area contributed by atoms with Gasteiger partial charge in [-0.2, -0.15) is 0 Å². The van der Waals surface area contributed by atoms with Crippen molar-refractivity contribution in [3.8, 4) is 0 Å². The molecule has 0 aliphatic carbocycles. The highest BCUT2D eigenvalue weighted by Crippen LogP contribution is 2.10. The molecular weight excluding hydrogens is 252 g/mol. The Hall–Kier alpha value is -0.950. The number of carbonyl (C=O) groups is 1. The number of carbonyl (C=O) groups excluding carboxylic acids is 1. The number of nitrogens with one attached hydrogen (secondary N) is 1. The molecule has 0 bridgehead atoms. The molecule has 0 saturated carbocycles. The maximum atomic E-state index is 11.5. The highest BCUT2D eigenvalue weighted by molar-refractivity contribution is 9.10. The Labute approximate surface area is 89.4 Å². The molecule has 0 fully saturated rings. The average molecular weight is 263 g/mol. The van der Waals surface area contributed by atoms with Crippen LogP contribution in [0.25, 0.3) is 0 Å². The number of amides is 1. The van der Waals surface area contributed by atoms with E-state index in [9.17, 15) is 4.79 Å². The molecule has 1 aromatic heterocycles. The van der Waals surface area contributed by atoms with Crippen molar-refractivity contribution in [2.45, 2.75) is 13.0 Å². The van der Waals surface area contributed by atoms with Crippen LogP contribution >= 0.6 is 15.9 Å². The second kappa shape index (κ2) is 4.52. The topological polar surface area (TPSA) is 80.0 Å². The number of aryl methyl sites for hydroxylation is 1. The van der Waals surface area contributed by atoms with Gasteiger partial charge in [-0.05, 0) is 22.9 Å². The van der Waals surface area contributed by atoms with Crippen LogP contribution in [0, 0.1) is 0 Å². The van der Waals surface area contributed by atoms with Crippen LogP contribution in [0.1, 0.15) is 17.4 Å². The highest BCUT2D eigenvalue weighted by Gasteiger charge is 2.16. The van der Waals surface area contributed by atoms with Crippen molar-refractivity contribution in [3.05, 3.63) is 10.3 Å². The first-order valence-corrected chi connectivity index (χ1v) is 4.83. The molecule has 1 rings (SSSR count). The van der Waals surface area contributed by atoms with Gasteiger partial charge in [0.05, 0.1) is 6.10 Å². The fraction of sp³-hybridized carbons (Fsp3) is 0.571. The summed E-state index contributed by atoms with van der Waals surface area (Å²) in [6, 6.07) is 0. The van der Waals surface area contributed by atoms with Gasteiger partial charge < -0.3 is 10.4 Å². The summed E-state index contributed by atoms with van der Waals surface area (Å²) < 4.78 is 1.75. The third-order valence-corrected chi connectivity index (χ3v) is 2.09. The number of rotatable bonds is 3. The van der Waals surface area contributed by atoms with Gasteiger partial charge in [-0.3, -0.25) is 4.79 Å². The summed E-state index contributed by atoms with van der Waals surface area (Å²) >= 11 is 3.11. The van der Waals surface area contributed by atoms with Crippen LogP contribution in [-0.2, 0) is 7.05 Å². The minimum atomic E-state index is -0.570. The predicted molar refractivity (Wildman–Crippen MR) is 52.7 cm³/mol. The molecule has 0 saturated heterocycles. The van der Waals surface area contributed by atoms with E-state index in [1.54, 1.807) is 14.0 Å². The summed E-state index contributed by atoms with van der Waals surface area (Å²) in [6.07, 6.45) is -0.570. The van der Waals surface area contributed by atoms with E-state index in [4.69, 9.17) is 5.11 Å². The van der Waals surface area contributed by atoms with Crippen LogP contribution in [0.15, 0.2) is 4.60 Å². The Morgan fingerprint density at radius 3 is 2.86 bits per heavy atom. The molecule has 0 radical (unpaired) electrons. The number of nitrogens with zero attached hydrogens (tertiary/aromatic N) is 3. The zero-order chi connectivity index (χ0) is 10.7. The van der Waals surface area contributed by atoms with Crippen molar-refractivity contribution in [3.63, 3.8) is 0 Å². The minimum absolute atomic E-state index is 0.205. The lowest BCUT2D eigenvalue weighted by Crippen LogP contribution is -2.32. The first-order valence-electron chi connectivity index (χ1n) is 4.03. The van der Waals surface area contributed by atoms with Gasteiger partial charge in [-0.25, -0.2) is 4.68 Å². The molecule has 14 heavy (non-hydrogen) atoms. The molecule has 1 heterocycles. The van der Waals surface area contributed by atoms with E-state index in [-0.39, 0.29) is 12.5 Å². The van der Waals surface area contributed by atoms with Crippen LogP contribution in [0.2, 0.25) is 0 Å². The van der Waals surface area contributed by atoms with Gasteiger partial charge in [0.25, 0.3) is 5.91 Å². The maximum absolute atomic E-state index is 11.5. The number of aliphatic hydroxyl groups excluding tert-OH is 1. The van der Waals surface area contributed by atoms with Crippen LogP contribution < -0.4 is 5.32 Å². The molecule has 1 atom stereocenters. The van der Waals surface area contributed by atoms with E-state index < -0.39 is 6.10 Å². The van der Waals surface area contributed by atoms with Gasteiger partial charge in [0.2, 0.25) is 0 Å². The quantitative estimate of drug-likeness (QED) is 0.783. The third-order valence-electron chi connectivity index (χ3n) is 1.56. The van der Waals surface area contributed by atoms with E-state index in [1.165, 1.54) is 4.68 Å². The summed E-state index contributed by atoms with van der Waals surface area (Å²) in [5, 5.41) is 18.9. The van der Waals surface area contributed by atoms with E-state index >= 15 is 0 Å². The molecule has 0 aliphatic heterocycles. The second-order valence-corrected chi connectivity index (χ2v) is 3.66. The standard InChI is InChI=1S/C7H11BrN4O2/c1-4(13)3-9-7(14)5-6(8)10-11-12(5)2/h4,13H,3H2,1-2H3,(H,9,14)/t4-/m1/s1.